The molecule has 2 N–H and O–H groups in total. The third kappa shape index (κ3) is 4.34. The van der Waals surface area contributed by atoms with Gasteiger partial charge in [-0.1, -0.05) is 0 Å². The van der Waals surface area contributed by atoms with Gasteiger partial charge in [-0.05, 0) is 26.4 Å². The highest BCUT2D eigenvalue weighted by Gasteiger charge is 2.24. The molecule has 1 unspecified atom stereocenters. The molecule has 1 fully saturated rings. The number of ether oxygens (including phenoxy) is 1. The zero-order chi connectivity index (χ0) is 12.0. The summed E-state index contributed by atoms with van der Waals surface area (Å²) in [4.78, 5) is 0. The smallest absolute Gasteiger partial charge is 0.279 e. The summed E-state index contributed by atoms with van der Waals surface area (Å²) in [7, 11) is 0.0923. The summed E-state index contributed by atoms with van der Waals surface area (Å²) in [6.45, 7) is 2.44. The maximum absolute atomic E-state index is 11.8. The molecule has 0 aromatic carbocycles. The van der Waals surface area contributed by atoms with Crippen LogP contribution in [0.2, 0.25) is 0 Å². The first-order valence-electron chi connectivity index (χ1n) is 5.52. The predicted octanol–water partition coefficient (Wildman–Crippen LogP) is -0.849. The van der Waals surface area contributed by atoms with E-state index in [4.69, 9.17) is 4.74 Å². The van der Waals surface area contributed by atoms with Gasteiger partial charge in [-0.15, -0.1) is 0 Å². The lowest BCUT2D eigenvalue weighted by Crippen LogP contribution is -2.44. The molecule has 16 heavy (non-hydrogen) atoms. The molecule has 0 amide bonds. The van der Waals surface area contributed by atoms with Crippen LogP contribution in [0.5, 0.6) is 0 Å². The second-order valence-corrected chi connectivity index (χ2v) is 5.77. The van der Waals surface area contributed by atoms with Crippen molar-refractivity contribution in [2.75, 3.05) is 40.4 Å². The van der Waals surface area contributed by atoms with Gasteiger partial charge >= 0.3 is 0 Å². The molecule has 1 aliphatic heterocycles. The Morgan fingerprint density at radius 3 is 2.81 bits per heavy atom. The molecule has 1 saturated heterocycles. The molecule has 96 valence electrons. The van der Waals surface area contributed by atoms with Crippen LogP contribution in [0.4, 0.5) is 0 Å². The summed E-state index contributed by atoms with van der Waals surface area (Å²) in [6.07, 6.45) is 1.55. The van der Waals surface area contributed by atoms with Crippen LogP contribution in [0, 0.1) is 0 Å². The molecule has 0 aliphatic carbocycles. The topological polar surface area (TPSA) is 70.7 Å². The second-order valence-electron chi connectivity index (χ2n) is 3.96. The number of rotatable bonds is 7. The lowest BCUT2D eigenvalue weighted by atomic mass is 10.3. The Hall–Kier alpha value is -0.210. The van der Waals surface area contributed by atoms with Crippen LogP contribution in [0.15, 0.2) is 0 Å². The van der Waals surface area contributed by atoms with Crippen molar-refractivity contribution < 1.29 is 13.2 Å². The summed E-state index contributed by atoms with van der Waals surface area (Å²) in [5, 5.41) is 2.99. The van der Waals surface area contributed by atoms with E-state index in [-0.39, 0.29) is 6.04 Å². The minimum Gasteiger partial charge on any atom is -0.380 e. The van der Waals surface area contributed by atoms with Crippen LogP contribution < -0.4 is 10.0 Å². The van der Waals surface area contributed by atoms with Gasteiger partial charge in [-0.2, -0.15) is 17.4 Å². The third-order valence-corrected chi connectivity index (χ3v) is 4.19. The Bertz CT molecular complexity index is 288. The van der Waals surface area contributed by atoms with E-state index in [9.17, 15) is 8.42 Å². The molecule has 1 heterocycles. The van der Waals surface area contributed by atoms with E-state index >= 15 is 0 Å². The first-order chi connectivity index (χ1) is 7.56. The first kappa shape index (κ1) is 13.9. The van der Waals surface area contributed by atoms with Crippen molar-refractivity contribution in [3.05, 3.63) is 0 Å². The molecular formula is C9H21N3O3S. The summed E-state index contributed by atoms with van der Waals surface area (Å²) >= 11 is 0. The normalized spacial score (nSPS) is 21.8. The zero-order valence-corrected chi connectivity index (χ0v) is 10.7. The average molecular weight is 251 g/mol. The van der Waals surface area contributed by atoms with Gasteiger partial charge in [-0.3, -0.25) is 0 Å². The van der Waals surface area contributed by atoms with Crippen molar-refractivity contribution in [1.82, 2.24) is 14.3 Å². The van der Waals surface area contributed by atoms with Crippen molar-refractivity contribution in [1.29, 1.82) is 0 Å². The molecular weight excluding hydrogens is 230 g/mol. The maximum atomic E-state index is 11.8. The molecule has 0 saturated carbocycles. The third-order valence-electron chi connectivity index (χ3n) is 2.56. The van der Waals surface area contributed by atoms with E-state index < -0.39 is 10.2 Å². The minimum absolute atomic E-state index is 0.0725. The van der Waals surface area contributed by atoms with E-state index in [1.165, 1.54) is 4.31 Å². The monoisotopic (exact) mass is 251 g/mol. The molecule has 0 spiro atoms. The molecule has 0 bridgehead atoms. The number of hydrogen-bond acceptors (Lipinski definition) is 4. The Morgan fingerprint density at radius 2 is 2.25 bits per heavy atom. The quantitative estimate of drug-likeness (QED) is 0.578. The molecule has 0 radical (unpaired) electrons. The standard InChI is InChI=1S/C9H21N3O3S/c1-10-5-3-6-12(2)16(13,14)11-9-4-7-15-8-9/h9-11H,3-8H2,1-2H3. The second kappa shape index (κ2) is 6.51. The van der Waals surface area contributed by atoms with E-state index in [0.29, 0.717) is 19.8 Å². The van der Waals surface area contributed by atoms with Crippen molar-refractivity contribution in [3.8, 4) is 0 Å². The molecule has 0 aromatic rings. The number of nitrogens with one attached hydrogen (secondary N) is 2. The van der Waals surface area contributed by atoms with Crippen LogP contribution in [-0.4, -0.2) is 59.2 Å². The fraction of sp³-hybridized carbons (Fsp3) is 1.00. The summed E-state index contributed by atoms with van der Waals surface area (Å²) in [6, 6.07) is -0.0725. The fourth-order valence-electron chi connectivity index (χ4n) is 1.53. The van der Waals surface area contributed by atoms with Crippen LogP contribution in [0.3, 0.4) is 0 Å². The number of hydrogen-bond donors (Lipinski definition) is 2. The fourth-order valence-corrected chi connectivity index (χ4v) is 2.68. The predicted molar refractivity (Wildman–Crippen MR) is 62.5 cm³/mol. The average Bonchev–Trinajstić information content (AvgIpc) is 2.70. The largest absolute Gasteiger partial charge is 0.380 e. The van der Waals surface area contributed by atoms with Gasteiger partial charge in [0.05, 0.1) is 6.61 Å². The molecule has 6 nitrogen and oxygen atoms in total. The van der Waals surface area contributed by atoms with Crippen molar-refractivity contribution in [3.63, 3.8) is 0 Å². The number of nitrogens with zero attached hydrogens (tertiary/aromatic N) is 1. The van der Waals surface area contributed by atoms with Crippen molar-refractivity contribution >= 4 is 10.2 Å². The summed E-state index contributed by atoms with van der Waals surface area (Å²) in [5.74, 6) is 0. The van der Waals surface area contributed by atoms with Gasteiger partial charge in [0.25, 0.3) is 10.2 Å². The van der Waals surface area contributed by atoms with Gasteiger partial charge in [0.2, 0.25) is 0 Å². The van der Waals surface area contributed by atoms with Gasteiger partial charge in [0.15, 0.2) is 0 Å². The van der Waals surface area contributed by atoms with Gasteiger partial charge in [0.1, 0.15) is 0 Å². The van der Waals surface area contributed by atoms with Crippen molar-refractivity contribution in [2.24, 2.45) is 0 Å². The SMILES string of the molecule is CNCCCN(C)S(=O)(=O)NC1CCOC1. The van der Waals surface area contributed by atoms with Crippen LogP contribution >= 0.6 is 0 Å². The Balaban J connectivity index is 2.36. The van der Waals surface area contributed by atoms with Crippen LogP contribution in [0.25, 0.3) is 0 Å². The van der Waals surface area contributed by atoms with Gasteiger partial charge in [-0.25, -0.2) is 0 Å². The first-order valence-corrected chi connectivity index (χ1v) is 6.96. The van der Waals surface area contributed by atoms with E-state index in [1.807, 2.05) is 7.05 Å². The van der Waals surface area contributed by atoms with E-state index in [1.54, 1.807) is 7.05 Å². The zero-order valence-electron chi connectivity index (χ0n) is 9.90. The summed E-state index contributed by atoms with van der Waals surface area (Å²) < 4.78 is 32.7. The molecule has 1 rings (SSSR count). The Labute approximate surface area is 97.5 Å². The maximum Gasteiger partial charge on any atom is 0.279 e. The van der Waals surface area contributed by atoms with Gasteiger partial charge < -0.3 is 10.1 Å². The Kier molecular flexibility index (Phi) is 5.63. The highest BCUT2D eigenvalue weighted by molar-refractivity contribution is 7.87. The Morgan fingerprint density at radius 1 is 1.50 bits per heavy atom. The van der Waals surface area contributed by atoms with E-state index in [2.05, 4.69) is 10.0 Å². The lowest BCUT2D eigenvalue weighted by Gasteiger charge is -2.19. The van der Waals surface area contributed by atoms with E-state index in [0.717, 1.165) is 19.4 Å². The highest BCUT2D eigenvalue weighted by atomic mass is 32.2. The molecule has 7 heteroatoms. The highest BCUT2D eigenvalue weighted by Crippen LogP contribution is 2.06. The molecule has 1 atom stereocenters. The van der Waals surface area contributed by atoms with Crippen LogP contribution in [-0.2, 0) is 14.9 Å². The lowest BCUT2D eigenvalue weighted by molar-refractivity contribution is 0.192. The molecule has 1 aliphatic rings. The summed E-state index contributed by atoms with van der Waals surface area (Å²) in [5.41, 5.74) is 0. The van der Waals surface area contributed by atoms with Gasteiger partial charge in [0, 0.05) is 26.2 Å². The van der Waals surface area contributed by atoms with Crippen LogP contribution in [0.1, 0.15) is 12.8 Å². The minimum atomic E-state index is -3.35. The molecule has 0 aromatic heterocycles. The van der Waals surface area contributed by atoms with Crippen molar-refractivity contribution in [2.45, 2.75) is 18.9 Å².